The van der Waals surface area contributed by atoms with Gasteiger partial charge in [-0.15, -0.1) is 0 Å². The van der Waals surface area contributed by atoms with Crippen molar-refractivity contribution < 1.29 is 0 Å². The van der Waals surface area contributed by atoms with Crippen LogP contribution >= 0.6 is 0 Å². The Bertz CT molecular complexity index is 5300. The van der Waals surface area contributed by atoms with Gasteiger partial charge in [0.25, 0.3) is 0 Å². The van der Waals surface area contributed by atoms with Gasteiger partial charge in [0.05, 0.1) is 0 Å². The summed E-state index contributed by atoms with van der Waals surface area (Å²) in [6.07, 6.45) is 0. The van der Waals surface area contributed by atoms with E-state index in [9.17, 15) is 0 Å². The Morgan fingerprint density at radius 1 is 0.184 bits per heavy atom. The van der Waals surface area contributed by atoms with Crippen LogP contribution in [0, 0.1) is 0 Å². The summed E-state index contributed by atoms with van der Waals surface area (Å²) in [5, 5.41) is 9.95. The fourth-order valence-electron chi connectivity index (χ4n) is 15.0. The van der Waals surface area contributed by atoms with Gasteiger partial charge < -0.3 is 0 Å². The molecule has 5 aromatic heterocycles. The van der Waals surface area contributed by atoms with Gasteiger partial charge in [0, 0.05) is 0 Å². The normalized spacial score (nSPS) is 12.7. The van der Waals surface area contributed by atoms with Gasteiger partial charge in [-0.1, -0.05) is 0 Å². The van der Waals surface area contributed by atoms with Gasteiger partial charge in [-0.2, -0.15) is 0 Å². The summed E-state index contributed by atoms with van der Waals surface area (Å²) >= 11 is -0.309. The summed E-state index contributed by atoms with van der Waals surface area (Å²) in [7, 11) is 0. The van der Waals surface area contributed by atoms with Gasteiger partial charge in [-0.3, -0.25) is 0 Å². The number of nitrogens with zero attached hydrogens (tertiary/aromatic N) is 2. The number of hydrogen-bond donors (Lipinski definition) is 0. The first kappa shape index (κ1) is 63.3. The van der Waals surface area contributed by atoms with Gasteiger partial charge in [0.2, 0.25) is 0 Å². The molecule has 0 saturated carbocycles. The van der Waals surface area contributed by atoms with Crippen LogP contribution in [0.25, 0.3) is 167 Å². The standard InChI is InChI=1S/C92H76N2Se4/c1-89(2,3)57-37-29-53(30-38-57)77-73-49-45-69(95-73)70-46-50-75(96-70)79(55-33-41-59(42-34-55)91(7,8)9)87-83-67-27-19-15-23-63(67)64-24-16-20-28-68(64)84(83)88(94-87)80(56-35-43-60(44-36-56)92(10,11)12)76-52-48-72(98-76)71-47-51-74(97-71)78(54-31-39-58(40-32-54)90(4,5)6)86-82-66-26-18-14-22-62(66)61-21-13-17-25-65(61)81(82)85(77)93-86/h13-52H,1-12H3. The van der Waals surface area contributed by atoms with Crippen molar-refractivity contribution in [3.8, 4) is 89.5 Å². The summed E-state index contributed by atoms with van der Waals surface area (Å²) in [4.78, 5) is 12.7. The summed E-state index contributed by atoms with van der Waals surface area (Å²) < 4.78 is 11.1. The Labute approximate surface area is 599 Å². The minimum absolute atomic E-state index is 0.0166. The quantitative estimate of drug-likeness (QED) is 0.130. The second kappa shape index (κ2) is 23.7. The Morgan fingerprint density at radius 2 is 0.357 bits per heavy atom. The zero-order valence-electron chi connectivity index (χ0n) is 57.6. The average Bonchev–Trinajstić information content (AvgIpc) is 1.50. The van der Waals surface area contributed by atoms with Gasteiger partial charge >= 0.3 is 604 Å². The molecular formula is C92H76N2Se4. The number of rotatable bonds is 4. The third kappa shape index (κ3) is 10.8. The molecule has 478 valence electrons. The van der Waals surface area contributed by atoms with Crippen LogP contribution in [0.2, 0.25) is 0 Å². The maximum atomic E-state index is 6.36. The Morgan fingerprint density at radius 3 is 0.541 bits per heavy atom. The molecule has 0 radical (unpaired) electrons. The third-order valence-electron chi connectivity index (χ3n) is 20.3. The molecule has 17 rings (SSSR count). The van der Waals surface area contributed by atoms with Crippen molar-refractivity contribution in [2.24, 2.45) is 0 Å². The molecule has 0 spiro atoms. The molecule has 0 aliphatic carbocycles. The van der Waals surface area contributed by atoms with Crippen LogP contribution in [0.4, 0.5) is 0 Å². The molecule has 0 N–H and O–H groups in total. The maximum absolute atomic E-state index is 6.36. The zero-order valence-corrected chi connectivity index (χ0v) is 64.5. The molecular weight excluding hydrogens is 1450 g/mol. The van der Waals surface area contributed by atoms with E-state index in [1.807, 2.05) is 0 Å². The van der Waals surface area contributed by atoms with Crippen LogP contribution in [-0.4, -0.2) is 68.0 Å². The third-order valence-corrected chi connectivity index (χ3v) is 31.1. The van der Waals surface area contributed by atoms with E-state index in [1.54, 1.807) is 0 Å². The van der Waals surface area contributed by atoms with Crippen molar-refractivity contribution >= 4 is 135 Å². The Balaban J connectivity index is 1.10. The molecule has 12 bridgehead atoms. The van der Waals surface area contributed by atoms with E-state index in [4.69, 9.17) is 9.97 Å². The number of fused-ring (bicyclic) bond motifs is 30. The SMILES string of the molecule is CC(C)(C)c1ccc(-c2c3nc(c(-c4ccc(C(C)(C)C)cc4)c4ccc([se]4)c4ccc([se]4)c(-c4ccc(C(C)(C)C)cc4)c4nc(c(-c5ccc(C(C)(C)C)cc5)c5ccc([se]5)c5ccc2[se]5)-c2c-4c4ccccc4c4ccccc24)-c2c-3c3ccccc3c3ccccc23)cc1. The summed E-state index contributed by atoms with van der Waals surface area (Å²) in [5.41, 5.74) is 24.1. The predicted molar refractivity (Wildman–Crippen MR) is 428 cm³/mol. The molecule has 2 nitrogen and oxygen atoms in total. The summed E-state index contributed by atoms with van der Waals surface area (Å²) in [5.74, 6) is 0. The van der Waals surface area contributed by atoms with E-state index in [0.717, 1.165) is 22.8 Å². The second-order valence-corrected chi connectivity index (χ2v) is 39.9. The average molecular weight is 1530 g/mol. The van der Waals surface area contributed by atoms with Crippen molar-refractivity contribution in [3.05, 3.63) is 265 Å². The summed E-state index contributed by atoms with van der Waals surface area (Å²) in [6, 6.07) is 94.6. The number of hydrogen-bond acceptors (Lipinski definition) is 2. The van der Waals surface area contributed by atoms with Gasteiger partial charge in [0.1, 0.15) is 0 Å². The predicted octanol–water partition coefficient (Wildman–Crippen LogP) is 24.5. The van der Waals surface area contributed by atoms with E-state index >= 15 is 0 Å². The van der Waals surface area contributed by atoms with Crippen LogP contribution < -0.4 is 0 Å². The molecule has 0 fully saturated rings. The van der Waals surface area contributed by atoms with Crippen LogP contribution in [-0.2, 0) is 21.7 Å². The first-order valence-electron chi connectivity index (χ1n) is 34.3. The molecule has 10 aromatic carbocycles. The summed E-state index contributed by atoms with van der Waals surface area (Å²) in [6.45, 7) is 27.9. The van der Waals surface area contributed by atoms with E-state index < -0.39 is 0 Å². The van der Waals surface area contributed by atoms with Crippen molar-refractivity contribution in [1.82, 2.24) is 9.97 Å². The van der Waals surface area contributed by atoms with Gasteiger partial charge in [0.15, 0.2) is 0 Å². The Kier molecular flexibility index (Phi) is 15.3. The van der Waals surface area contributed by atoms with Crippen LogP contribution in [0.1, 0.15) is 105 Å². The van der Waals surface area contributed by atoms with Gasteiger partial charge in [-0.05, 0) is 0 Å². The minimum atomic E-state index is -0.0772. The van der Waals surface area contributed by atoms with Gasteiger partial charge in [-0.25, -0.2) is 0 Å². The number of aromatic nitrogens is 2. The van der Waals surface area contributed by atoms with E-state index in [2.05, 4.69) is 326 Å². The number of benzene rings is 10. The monoisotopic (exact) mass is 1530 g/mol. The molecule has 2 aliphatic heterocycles. The van der Waals surface area contributed by atoms with Crippen LogP contribution in [0.5, 0.6) is 0 Å². The van der Waals surface area contributed by atoms with Crippen molar-refractivity contribution in [2.75, 3.05) is 0 Å². The fraction of sp³-hybridized carbons (Fsp3) is 0.174. The molecule has 0 atom stereocenters. The topological polar surface area (TPSA) is 25.8 Å². The molecule has 15 aromatic rings. The zero-order chi connectivity index (χ0) is 67.3. The molecule has 7 heterocycles. The first-order valence-corrected chi connectivity index (χ1v) is 41.1. The van der Waals surface area contributed by atoms with Crippen molar-refractivity contribution in [2.45, 2.75) is 105 Å². The second-order valence-electron chi connectivity index (χ2n) is 30.8. The molecule has 0 amide bonds. The molecule has 98 heavy (non-hydrogen) atoms. The van der Waals surface area contributed by atoms with E-state index in [1.165, 1.54) is 166 Å². The fourth-order valence-corrected chi connectivity index (χ4v) is 25.1. The first-order chi connectivity index (χ1) is 47.1. The van der Waals surface area contributed by atoms with Crippen molar-refractivity contribution in [1.29, 1.82) is 0 Å². The molecule has 0 saturated heterocycles. The Hall–Kier alpha value is -8.20. The molecule has 2 aliphatic rings. The van der Waals surface area contributed by atoms with E-state index in [-0.39, 0.29) is 79.7 Å². The molecule has 6 heteroatoms. The van der Waals surface area contributed by atoms with E-state index in [0.29, 0.717) is 0 Å². The van der Waals surface area contributed by atoms with Crippen molar-refractivity contribution in [3.63, 3.8) is 0 Å². The van der Waals surface area contributed by atoms with Crippen LogP contribution in [0.15, 0.2) is 243 Å². The van der Waals surface area contributed by atoms with Crippen LogP contribution in [0.3, 0.4) is 0 Å². The molecule has 0 unspecified atom stereocenters.